The Morgan fingerprint density at radius 2 is 1.76 bits per heavy atom. The van der Waals surface area contributed by atoms with Crippen LogP contribution < -0.4 is 14.5 Å². The van der Waals surface area contributed by atoms with Gasteiger partial charge in [0.15, 0.2) is 18.2 Å². The van der Waals surface area contributed by atoms with E-state index in [2.05, 4.69) is 0 Å². The molecule has 0 bridgehead atoms. The Bertz CT molecular complexity index is 771. The van der Waals surface area contributed by atoms with Gasteiger partial charge in [0.2, 0.25) is 11.8 Å². The lowest BCUT2D eigenvalue weighted by Gasteiger charge is -2.33. The SMILES string of the molecule is COc1ccc(C[NH+]2CC[NH+](CN3C(=O)CC4(CCCCC4)C3=O)CC2)cc1F. The van der Waals surface area contributed by atoms with Crippen LogP contribution in [-0.4, -0.2) is 56.7 Å². The molecule has 0 atom stereocenters. The second kappa shape index (κ2) is 8.40. The fourth-order valence-corrected chi connectivity index (χ4v) is 5.26. The third kappa shape index (κ3) is 4.16. The molecule has 7 heteroatoms. The predicted octanol–water partition coefficient (Wildman–Crippen LogP) is -0.215. The Hall–Kier alpha value is -1.99. The maximum Gasteiger partial charge on any atom is 0.240 e. The molecule has 2 amide bonds. The first-order valence-electron chi connectivity index (χ1n) is 10.9. The van der Waals surface area contributed by atoms with Crippen LogP contribution >= 0.6 is 0 Å². The van der Waals surface area contributed by atoms with Crippen LogP contribution in [-0.2, 0) is 16.1 Å². The number of amides is 2. The molecule has 1 spiro atoms. The lowest BCUT2D eigenvalue weighted by Crippen LogP contribution is -3.28. The number of rotatable bonds is 5. The molecular formula is C22H32FN3O3+2. The van der Waals surface area contributed by atoms with Crippen LogP contribution in [0.15, 0.2) is 18.2 Å². The standard InChI is InChI=1S/C22H30FN3O3/c1-29-19-6-5-17(13-18(19)23)15-24-9-11-25(12-10-24)16-26-20(27)14-22(21(26)28)7-3-2-4-8-22/h5-6,13H,2-4,7-12,14-16H2,1H3/p+2. The summed E-state index contributed by atoms with van der Waals surface area (Å²) in [5.74, 6) is 0.0520. The summed E-state index contributed by atoms with van der Waals surface area (Å²) in [7, 11) is 1.47. The van der Waals surface area contributed by atoms with E-state index in [-0.39, 0.29) is 28.8 Å². The van der Waals surface area contributed by atoms with E-state index in [0.29, 0.717) is 13.1 Å². The molecule has 1 aromatic rings. The lowest BCUT2D eigenvalue weighted by molar-refractivity contribution is -1.02. The first-order chi connectivity index (χ1) is 14.0. The molecule has 1 saturated carbocycles. The summed E-state index contributed by atoms with van der Waals surface area (Å²) in [6.07, 6.45) is 5.47. The van der Waals surface area contributed by atoms with Crippen LogP contribution in [0.25, 0.3) is 0 Å². The molecule has 3 fully saturated rings. The Morgan fingerprint density at radius 1 is 1.07 bits per heavy atom. The second-order valence-corrected chi connectivity index (χ2v) is 8.95. The minimum atomic E-state index is -0.389. The third-order valence-electron chi connectivity index (χ3n) is 7.02. The van der Waals surface area contributed by atoms with Crippen LogP contribution in [0.1, 0.15) is 44.1 Å². The maximum absolute atomic E-state index is 13.9. The molecule has 2 heterocycles. The highest BCUT2D eigenvalue weighted by Gasteiger charge is 2.52. The van der Waals surface area contributed by atoms with Gasteiger partial charge in [0.1, 0.15) is 32.7 Å². The van der Waals surface area contributed by atoms with E-state index < -0.39 is 0 Å². The number of nitrogens with zero attached hydrogens (tertiary/aromatic N) is 1. The molecule has 6 nitrogen and oxygen atoms in total. The number of ether oxygens (including phenoxy) is 1. The zero-order valence-electron chi connectivity index (χ0n) is 17.3. The molecule has 1 aromatic carbocycles. The van der Waals surface area contributed by atoms with Crippen LogP contribution in [0, 0.1) is 11.2 Å². The average molecular weight is 406 g/mol. The lowest BCUT2D eigenvalue weighted by atomic mass is 9.73. The van der Waals surface area contributed by atoms with Crippen molar-refractivity contribution in [3.05, 3.63) is 29.6 Å². The number of carbonyl (C=O) groups excluding carboxylic acids is 2. The quantitative estimate of drug-likeness (QED) is 0.667. The topological polar surface area (TPSA) is 55.5 Å². The maximum atomic E-state index is 13.9. The first-order valence-corrected chi connectivity index (χ1v) is 10.9. The number of hydrogen-bond acceptors (Lipinski definition) is 3. The van der Waals surface area contributed by atoms with Gasteiger partial charge in [-0.2, -0.15) is 0 Å². The van der Waals surface area contributed by atoms with Crippen molar-refractivity contribution in [1.82, 2.24) is 4.90 Å². The molecule has 2 N–H and O–H groups in total. The summed E-state index contributed by atoms with van der Waals surface area (Å²) >= 11 is 0. The number of quaternary nitrogens is 2. The van der Waals surface area contributed by atoms with Crippen molar-refractivity contribution in [2.24, 2.45) is 5.41 Å². The van der Waals surface area contributed by atoms with Crippen LogP contribution in [0.5, 0.6) is 5.75 Å². The van der Waals surface area contributed by atoms with E-state index >= 15 is 0 Å². The highest BCUT2D eigenvalue weighted by Crippen LogP contribution is 2.44. The molecule has 2 saturated heterocycles. The molecule has 0 radical (unpaired) electrons. The fourth-order valence-electron chi connectivity index (χ4n) is 5.26. The van der Waals surface area contributed by atoms with E-state index in [0.717, 1.165) is 64.0 Å². The Kier molecular flexibility index (Phi) is 5.88. The van der Waals surface area contributed by atoms with E-state index in [4.69, 9.17) is 4.74 Å². The molecule has 0 unspecified atom stereocenters. The number of carbonyl (C=O) groups is 2. The van der Waals surface area contributed by atoms with E-state index in [1.54, 1.807) is 17.0 Å². The minimum Gasteiger partial charge on any atom is -0.494 e. The minimum absolute atomic E-state index is 0.0212. The van der Waals surface area contributed by atoms with Crippen LogP contribution in [0.3, 0.4) is 0 Å². The summed E-state index contributed by atoms with van der Waals surface area (Å²) in [6.45, 7) is 5.01. The number of hydrogen-bond donors (Lipinski definition) is 2. The van der Waals surface area contributed by atoms with Crippen LogP contribution in [0.2, 0.25) is 0 Å². The van der Waals surface area contributed by atoms with Gasteiger partial charge in [-0.3, -0.25) is 9.59 Å². The zero-order valence-corrected chi connectivity index (χ0v) is 17.3. The van der Waals surface area contributed by atoms with E-state index in [1.165, 1.54) is 23.3 Å². The van der Waals surface area contributed by atoms with Gasteiger partial charge < -0.3 is 14.5 Å². The van der Waals surface area contributed by atoms with E-state index in [9.17, 15) is 14.0 Å². The van der Waals surface area contributed by atoms with E-state index in [1.807, 2.05) is 6.07 Å². The molecular weight excluding hydrogens is 373 g/mol. The fraction of sp³-hybridized carbons (Fsp3) is 0.636. The Labute approximate surface area is 171 Å². The van der Waals surface area contributed by atoms with Gasteiger partial charge in [-0.1, -0.05) is 19.3 Å². The molecule has 4 rings (SSSR count). The number of halogens is 1. The monoisotopic (exact) mass is 405 g/mol. The number of benzene rings is 1. The molecule has 0 aromatic heterocycles. The number of piperazine rings is 1. The molecule has 2 aliphatic heterocycles. The van der Waals surface area contributed by atoms with Crippen molar-refractivity contribution in [3.63, 3.8) is 0 Å². The van der Waals surface area contributed by atoms with Crippen molar-refractivity contribution in [2.45, 2.75) is 45.1 Å². The summed E-state index contributed by atoms with van der Waals surface area (Å²) in [5.41, 5.74) is 0.575. The zero-order chi connectivity index (χ0) is 20.4. The van der Waals surface area contributed by atoms with Crippen molar-refractivity contribution in [2.75, 3.05) is 40.0 Å². The Morgan fingerprint density at radius 3 is 2.41 bits per heavy atom. The van der Waals surface area contributed by atoms with Gasteiger partial charge in [-0.25, -0.2) is 9.29 Å². The summed E-state index contributed by atoms with van der Waals surface area (Å²) in [6, 6.07) is 5.15. The van der Waals surface area contributed by atoms with Gasteiger partial charge in [0.05, 0.1) is 12.5 Å². The van der Waals surface area contributed by atoms with Crippen LogP contribution in [0.4, 0.5) is 4.39 Å². The van der Waals surface area contributed by atoms with Crippen molar-refractivity contribution >= 4 is 11.8 Å². The summed E-state index contributed by atoms with van der Waals surface area (Å²) in [5, 5.41) is 0. The summed E-state index contributed by atoms with van der Waals surface area (Å²) < 4.78 is 18.9. The van der Waals surface area contributed by atoms with Gasteiger partial charge >= 0.3 is 0 Å². The highest BCUT2D eigenvalue weighted by molar-refractivity contribution is 6.05. The van der Waals surface area contributed by atoms with Gasteiger partial charge in [-0.15, -0.1) is 0 Å². The normalized spacial score (nSPS) is 26.9. The van der Waals surface area contributed by atoms with Gasteiger partial charge in [0.25, 0.3) is 0 Å². The van der Waals surface area contributed by atoms with Gasteiger partial charge in [0, 0.05) is 12.0 Å². The number of methoxy groups -OCH3 is 1. The largest absolute Gasteiger partial charge is 0.494 e. The number of nitrogens with one attached hydrogen (secondary N) is 2. The van der Waals surface area contributed by atoms with Crippen molar-refractivity contribution < 1.29 is 28.5 Å². The Balaban J connectivity index is 1.29. The number of imide groups is 1. The van der Waals surface area contributed by atoms with Gasteiger partial charge in [-0.05, 0) is 31.0 Å². The molecule has 29 heavy (non-hydrogen) atoms. The third-order valence-corrected chi connectivity index (χ3v) is 7.02. The average Bonchev–Trinajstić information content (AvgIpc) is 2.94. The highest BCUT2D eigenvalue weighted by atomic mass is 19.1. The predicted molar refractivity (Wildman–Crippen MR) is 105 cm³/mol. The summed E-state index contributed by atoms with van der Waals surface area (Å²) in [4.78, 5) is 29.8. The smallest absolute Gasteiger partial charge is 0.240 e. The number of likely N-dealkylation sites (tertiary alicyclic amines) is 1. The second-order valence-electron chi connectivity index (χ2n) is 8.95. The van der Waals surface area contributed by atoms with Crippen molar-refractivity contribution in [3.8, 4) is 5.75 Å². The van der Waals surface area contributed by atoms with Crippen molar-refractivity contribution in [1.29, 1.82) is 0 Å². The molecule has 3 aliphatic rings. The first kappa shape index (κ1) is 20.3. The molecule has 1 aliphatic carbocycles. The molecule has 158 valence electrons.